The molecule has 124 valence electrons. The Kier molecular flexibility index (Phi) is 5.14. The third-order valence-electron chi connectivity index (χ3n) is 5.22. The van der Waals surface area contributed by atoms with Gasteiger partial charge in [-0.05, 0) is 58.0 Å². The first-order valence-electron chi connectivity index (χ1n) is 8.55. The van der Waals surface area contributed by atoms with Crippen molar-refractivity contribution in [3.8, 4) is 6.07 Å². The standard InChI is InChI=1S/C18H25FN4/c1-22-9-7-15(8-10-22)23-11-5-14(6-12-23)21-18-4-2-3-17(19)16(18)13-20/h2-4,14-15,21H,5-12H2,1H3. The minimum atomic E-state index is -0.443. The molecule has 2 fully saturated rings. The van der Waals surface area contributed by atoms with Gasteiger partial charge in [0.15, 0.2) is 0 Å². The Hall–Kier alpha value is -1.64. The van der Waals surface area contributed by atoms with Crippen LogP contribution in [0.5, 0.6) is 0 Å². The molecule has 2 aliphatic heterocycles. The van der Waals surface area contributed by atoms with E-state index in [0.29, 0.717) is 11.7 Å². The maximum absolute atomic E-state index is 13.7. The molecule has 1 N–H and O–H groups in total. The third-order valence-corrected chi connectivity index (χ3v) is 5.22. The molecule has 5 heteroatoms. The van der Waals surface area contributed by atoms with Crippen LogP contribution in [0.3, 0.4) is 0 Å². The lowest BCUT2D eigenvalue weighted by Gasteiger charge is -2.41. The van der Waals surface area contributed by atoms with E-state index in [2.05, 4.69) is 22.2 Å². The second kappa shape index (κ2) is 7.29. The zero-order chi connectivity index (χ0) is 16.2. The second-order valence-corrected chi connectivity index (χ2v) is 6.76. The SMILES string of the molecule is CN1CCC(N2CCC(Nc3cccc(F)c3C#N)CC2)CC1. The molecule has 0 saturated carbocycles. The van der Waals surface area contributed by atoms with E-state index in [1.165, 1.54) is 32.0 Å². The van der Waals surface area contributed by atoms with Crippen LogP contribution in [-0.2, 0) is 0 Å². The largest absolute Gasteiger partial charge is 0.381 e. The number of anilines is 1. The summed E-state index contributed by atoms with van der Waals surface area (Å²) in [5.74, 6) is -0.443. The molecule has 0 unspecified atom stereocenters. The van der Waals surface area contributed by atoms with Crippen molar-refractivity contribution in [2.45, 2.75) is 37.8 Å². The Morgan fingerprint density at radius 2 is 1.83 bits per heavy atom. The van der Waals surface area contributed by atoms with E-state index < -0.39 is 5.82 Å². The van der Waals surface area contributed by atoms with Crippen molar-refractivity contribution in [3.63, 3.8) is 0 Å². The first-order valence-corrected chi connectivity index (χ1v) is 8.55. The minimum absolute atomic E-state index is 0.130. The lowest BCUT2D eigenvalue weighted by atomic mass is 9.97. The molecule has 1 aromatic carbocycles. The molecule has 4 nitrogen and oxygen atoms in total. The van der Waals surface area contributed by atoms with Gasteiger partial charge in [-0.15, -0.1) is 0 Å². The highest BCUT2D eigenvalue weighted by Gasteiger charge is 2.27. The van der Waals surface area contributed by atoms with Crippen LogP contribution >= 0.6 is 0 Å². The van der Waals surface area contributed by atoms with Crippen LogP contribution in [0.2, 0.25) is 0 Å². The molecule has 0 spiro atoms. The minimum Gasteiger partial charge on any atom is -0.381 e. The topological polar surface area (TPSA) is 42.3 Å². The average molecular weight is 316 g/mol. The zero-order valence-electron chi connectivity index (χ0n) is 13.8. The summed E-state index contributed by atoms with van der Waals surface area (Å²) in [6.45, 7) is 4.56. The van der Waals surface area contributed by atoms with Gasteiger partial charge in [-0.3, -0.25) is 0 Å². The molecule has 3 rings (SSSR count). The normalized spacial score (nSPS) is 22.0. The molecule has 2 aliphatic rings. The van der Waals surface area contributed by atoms with E-state index in [4.69, 9.17) is 5.26 Å². The van der Waals surface area contributed by atoms with Crippen LogP contribution in [-0.4, -0.2) is 55.1 Å². The van der Waals surface area contributed by atoms with Gasteiger partial charge in [-0.25, -0.2) is 4.39 Å². The van der Waals surface area contributed by atoms with Gasteiger partial charge in [0.1, 0.15) is 17.4 Å². The summed E-state index contributed by atoms with van der Waals surface area (Å²) in [5, 5.41) is 12.5. The highest BCUT2D eigenvalue weighted by Crippen LogP contribution is 2.24. The molecule has 2 heterocycles. The second-order valence-electron chi connectivity index (χ2n) is 6.76. The molecular formula is C18H25FN4. The van der Waals surface area contributed by atoms with E-state index >= 15 is 0 Å². The summed E-state index contributed by atoms with van der Waals surface area (Å²) >= 11 is 0. The number of hydrogen-bond donors (Lipinski definition) is 1. The number of nitrogens with zero attached hydrogens (tertiary/aromatic N) is 3. The van der Waals surface area contributed by atoms with Crippen LogP contribution in [0.15, 0.2) is 18.2 Å². The lowest BCUT2D eigenvalue weighted by Crippen LogP contribution is -2.48. The van der Waals surface area contributed by atoms with E-state index in [1.807, 2.05) is 6.07 Å². The third kappa shape index (κ3) is 3.82. The van der Waals surface area contributed by atoms with Crippen molar-refractivity contribution in [3.05, 3.63) is 29.6 Å². The Labute approximate surface area is 137 Å². The summed E-state index contributed by atoms with van der Waals surface area (Å²) < 4.78 is 13.7. The number of nitriles is 1. The quantitative estimate of drug-likeness (QED) is 0.931. The van der Waals surface area contributed by atoms with E-state index in [9.17, 15) is 4.39 Å². The number of halogens is 1. The van der Waals surface area contributed by atoms with Gasteiger partial charge in [0.05, 0.1) is 5.69 Å². The predicted octanol–water partition coefficient (Wildman–Crippen LogP) is 2.67. The molecular weight excluding hydrogens is 291 g/mol. The maximum atomic E-state index is 13.7. The summed E-state index contributed by atoms with van der Waals surface area (Å²) in [5.41, 5.74) is 0.760. The molecule has 0 aromatic heterocycles. The molecule has 23 heavy (non-hydrogen) atoms. The van der Waals surface area contributed by atoms with Crippen LogP contribution in [0.25, 0.3) is 0 Å². The predicted molar refractivity (Wildman–Crippen MR) is 89.9 cm³/mol. The van der Waals surface area contributed by atoms with E-state index in [0.717, 1.165) is 32.0 Å². The average Bonchev–Trinajstić information content (AvgIpc) is 2.57. The number of likely N-dealkylation sites (tertiary alicyclic amines) is 2. The summed E-state index contributed by atoms with van der Waals surface area (Å²) in [6, 6.07) is 7.80. The fourth-order valence-electron chi connectivity index (χ4n) is 3.75. The van der Waals surface area contributed by atoms with Gasteiger partial charge in [0.2, 0.25) is 0 Å². The Bertz CT molecular complexity index is 567. The fourth-order valence-corrected chi connectivity index (χ4v) is 3.75. The van der Waals surface area contributed by atoms with Crippen LogP contribution < -0.4 is 5.32 Å². The van der Waals surface area contributed by atoms with Gasteiger partial charge in [0.25, 0.3) is 0 Å². The highest BCUT2D eigenvalue weighted by atomic mass is 19.1. The monoisotopic (exact) mass is 316 g/mol. The first-order chi connectivity index (χ1) is 11.2. The molecule has 2 saturated heterocycles. The fraction of sp³-hybridized carbons (Fsp3) is 0.611. The van der Waals surface area contributed by atoms with Crippen molar-refractivity contribution in [1.82, 2.24) is 9.80 Å². The number of nitrogens with one attached hydrogen (secondary N) is 1. The number of benzene rings is 1. The summed E-state index contributed by atoms with van der Waals surface area (Å²) in [4.78, 5) is 5.01. The molecule has 0 bridgehead atoms. The Morgan fingerprint density at radius 3 is 2.48 bits per heavy atom. The molecule has 0 aliphatic carbocycles. The number of piperidine rings is 2. The number of hydrogen-bond acceptors (Lipinski definition) is 4. The maximum Gasteiger partial charge on any atom is 0.143 e. The van der Waals surface area contributed by atoms with Crippen LogP contribution in [0.1, 0.15) is 31.2 Å². The molecule has 1 aromatic rings. The van der Waals surface area contributed by atoms with E-state index in [1.54, 1.807) is 12.1 Å². The van der Waals surface area contributed by atoms with Gasteiger partial charge in [0, 0.05) is 25.2 Å². The summed E-state index contributed by atoms with van der Waals surface area (Å²) in [7, 11) is 2.19. The first kappa shape index (κ1) is 16.2. The van der Waals surface area contributed by atoms with E-state index in [-0.39, 0.29) is 5.56 Å². The van der Waals surface area contributed by atoms with Gasteiger partial charge < -0.3 is 15.1 Å². The zero-order valence-corrected chi connectivity index (χ0v) is 13.8. The van der Waals surface area contributed by atoms with Crippen molar-refractivity contribution >= 4 is 5.69 Å². The Balaban J connectivity index is 1.54. The number of rotatable bonds is 3. The molecule has 0 amide bonds. The van der Waals surface area contributed by atoms with Crippen molar-refractivity contribution < 1.29 is 4.39 Å². The molecule has 0 radical (unpaired) electrons. The summed E-state index contributed by atoms with van der Waals surface area (Å²) in [6.07, 6.45) is 4.62. The lowest BCUT2D eigenvalue weighted by molar-refractivity contribution is 0.0994. The van der Waals surface area contributed by atoms with Gasteiger partial charge in [-0.2, -0.15) is 5.26 Å². The van der Waals surface area contributed by atoms with Crippen LogP contribution in [0, 0.1) is 17.1 Å². The smallest absolute Gasteiger partial charge is 0.143 e. The Morgan fingerprint density at radius 1 is 1.13 bits per heavy atom. The highest BCUT2D eigenvalue weighted by molar-refractivity contribution is 5.58. The van der Waals surface area contributed by atoms with Crippen molar-refractivity contribution in [2.75, 3.05) is 38.5 Å². The van der Waals surface area contributed by atoms with Crippen molar-refractivity contribution in [1.29, 1.82) is 5.26 Å². The van der Waals surface area contributed by atoms with Gasteiger partial charge >= 0.3 is 0 Å². The van der Waals surface area contributed by atoms with Crippen molar-refractivity contribution in [2.24, 2.45) is 0 Å². The van der Waals surface area contributed by atoms with Crippen LogP contribution in [0.4, 0.5) is 10.1 Å². The van der Waals surface area contributed by atoms with Gasteiger partial charge in [-0.1, -0.05) is 6.07 Å². The molecule has 0 atom stereocenters.